The SMILES string of the molecule is CC[C@@H](C)NC(=O)NC(=O)CN[C@@H](c1ccc(F)cc1)C(C)C. The molecular weight excluding hydrogens is 297 g/mol. The van der Waals surface area contributed by atoms with Gasteiger partial charge in [0.1, 0.15) is 5.82 Å². The molecule has 0 bridgehead atoms. The summed E-state index contributed by atoms with van der Waals surface area (Å²) in [5.74, 6) is -0.489. The summed E-state index contributed by atoms with van der Waals surface area (Å²) in [6.07, 6.45) is 0.792. The molecule has 0 fully saturated rings. The van der Waals surface area contributed by atoms with Crippen LogP contribution in [-0.4, -0.2) is 24.5 Å². The van der Waals surface area contributed by atoms with E-state index in [4.69, 9.17) is 0 Å². The van der Waals surface area contributed by atoms with Gasteiger partial charge >= 0.3 is 6.03 Å². The molecule has 2 atom stereocenters. The Balaban J connectivity index is 2.54. The van der Waals surface area contributed by atoms with Gasteiger partial charge in [0.2, 0.25) is 5.91 Å². The number of imide groups is 1. The van der Waals surface area contributed by atoms with E-state index in [-0.39, 0.29) is 30.4 Å². The van der Waals surface area contributed by atoms with Crippen LogP contribution in [0.5, 0.6) is 0 Å². The predicted molar refractivity (Wildman–Crippen MR) is 88.4 cm³/mol. The van der Waals surface area contributed by atoms with Crippen molar-refractivity contribution < 1.29 is 14.0 Å². The molecule has 1 rings (SSSR count). The highest BCUT2D eigenvalue weighted by Crippen LogP contribution is 2.21. The van der Waals surface area contributed by atoms with Gasteiger partial charge in [0.05, 0.1) is 6.54 Å². The van der Waals surface area contributed by atoms with E-state index < -0.39 is 11.9 Å². The minimum atomic E-state index is -0.492. The van der Waals surface area contributed by atoms with Crippen molar-refractivity contribution in [3.63, 3.8) is 0 Å². The van der Waals surface area contributed by atoms with Crippen molar-refractivity contribution in [2.75, 3.05) is 6.54 Å². The summed E-state index contributed by atoms with van der Waals surface area (Å²) in [6.45, 7) is 7.84. The number of rotatable bonds is 7. The first-order valence-corrected chi connectivity index (χ1v) is 7.92. The van der Waals surface area contributed by atoms with Crippen molar-refractivity contribution in [1.29, 1.82) is 0 Å². The summed E-state index contributed by atoms with van der Waals surface area (Å²) in [7, 11) is 0. The zero-order valence-electron chi connectivity index (χ0n) is 14.2. The Morgan fingerprint density at radius 2 is 1.74 bits per heavy atom. The number of nitrogens with one attached hydrogen (secondary N) is 3. The molecule has 0 aromatic heterocycles. The van der Waals surface area contributed by atoms with E-state index in [0.29, 0.717) is 0 Å². The fourth-order valence-electron chi connectivity index (χ4n) is 2.14. The van der Waals surface area contributed by atoms with Gasteiger partial charge in [-0.3, -0.25) is 10.1 Å². The van der Waals surface area contributed by atoms with Crippen LogP contribution in [-0.2, 0) is 4.79 Å². The molecule has 0 aliphatic carbocycles. The third-order valence-corrected chi connectivity index (χ3v) is 3.62. The number of urea groups is 1. The lowest BCUT2D eigenvalue weighted by Gasteiger charge is -2.23. The number of amides is 3. The minimum Gasteiger partial charge on any atom is -0.335 e. The third-order valence-electron chi connectivity index (χ3n) is 3.62. The second kappa shape index (κ2) is 9.25. The fourth-order valence-corrected chi connectivity index (χ4v) is 2.14. The van der Waals surface area contributed by atoms with Crippen LogP contribution in [0, 0.1) is 11.7 Å². The number of halogens is 1. The highest BCUT2D eigenvalue weighted by Gasteiger charge is 2.17. The molecule has 3 N–H and O–H groups in total. The molecule has 1 aromatic carbocycles. The molecule has 0 saturated heterocycles. The van der Waals surface area contributed by atoms with Crippen LogP contribution in [0.4, 0.5) is 9.18 Å². The molecule has 23 heavy (non-hydrogen) atoms. The van der Waals surface area contributed by atoms with Crippen LogP contribution in [0.25, 0.3) is 0 Å². The topological polar surface area (TPSA) is 70.2 Å². The van der Waals surface area contributed by atoms with Gasteiger partial charge < -0.3 is 10.6 Å². The van der Waals surface area contributed by atoms with Crippen molar-refractivity contribution >= 4 is 11.9 Å². The Labute approximate surface area is 137 Å². The van der Waals surface area contributed by atoms with E-state index in [2.05, 4.69) is 16.0 Å². The summed E-state index contributed by atoms with van der Waals surface area (Å²) in [6, 6.07) is 5.60. The lowest BCUT2D eigenvalue weighted by atomic mass is 9.96. The van der Waals surface area contributed by atoms with Crippen molar-refractivity contribution in [3.8, 4) is 0 Å². The summed E-state index contributed by atoms with van der Waals surface area (Å²) in [5, 5.41) is 8.07. The van der Waals surface area contributed by atoms with Crippen molar-refractivity contribution in [1.82, 2.24) is 16.0 Å². The zero-order valence-corrected chi connectivity index (χ0v) is 14.2. The van der Waals surface area contributed by atoms with E-state index >= 15 is 0 Å². The smallest absolute Gasteiger partial charge is 0.321 e. The molecule has 0 spiro atoms. The molecule has 3 amide bonds. The highest BCUT2D eigenvalue weighted by atomic mass is 19.1. The molecule has 0 heterocycles. The monoisotopic (exact) mass is 323 g/mol. The summed E-state index contributed by atoms with van der Waals surface area (Å²) in [4.78, 5) is 23.4. The first kappa shape index (κ1) is 19.1. The number of benzene rings is 1. The first-order chi connectivity index (χ1) is 10.8. The highest BCUT2D eigenvalue weighted by molar-refractivity contribution is 5.95. The van der Waals surface area contributed by atoms with E-state index in [1.165, 1.54) is 12.1 Å². The van der Waals surface area contributed by atoms with Gasteiger partial charge in [0.25, 0.3) is 0 Å². The van der Waals surface area contributed by atoms with Gasteiger partial charge in [0, 0.05) is 12.1 Å². The van der Waals surface area contributed by atoms with Gasteiger partial charge in [-0.1, -0.05) is 32.9 Å². The summed E-state index contributed by atoms with van der Waals surface area (Å²) >= 11 is 0. The van der Waals surface area contributed by atoms with Crippen molar-refractivity contribution in [2.24, 2.45) is 5.92 Å². The zero-order chi connectivity index (χ0) is 17.4. The second-order valence-corrected chi connectivity index (χ2v) is 5.99. The standard InChI is InChI=1S/C17H26FN3O2/c1-5-12(4)20-17(23)21-15(22)10-19-16(11(2)3)13-6-8-14(18)9-7-13/h6-9,11-12,16,19H,5,10H2,1-4H3,(H2,20,21,22,23)/t12-,16-/m1/s1. The second-order valence-electron chi connectivity index (χ2n) is 5.99. The number of hydrogen-bond acceptors (Lipinski definition) is 3. The number of carbonyl (C=O) groups excluding carboxylic acids is 2. The molecule has 0 saturated carbocycles. The molecule has 0 aliphatic rings. The average Bonchev–Trinajstić information content (AvgIpc) is 2.48. The van der Waals surface area contributed by atoms with Gasteiger partial charge in [-0.05, 0) is 37.0 Å². The van der Waals surface area contributed by atoms with Gasteiger partial charge in [0.15, 0.2) is 0 Å². The molecule has 0 unspecified atom stereocenters. The van der Waals surface area contributed by atoms with Gasteiger partial charge in [-0.15, -0.1) is 0 Å². The maximum absolute atomic E-state index is 13.0. The normalized spacial score (nSPS) is 13.5. The maximum Gasteiger partial charge on any atom is 0.321 e. The molecule has 6 heteroatoms. The van der Waals surface area contributed by atoms with Crippen molar-refractivity contribution in [2.45, 2.75) is 46.2 Å². The summed E-state index contributed by atoms with van der Waals surface area (Å²) in [5.41, 5.74) is 0.901. The molecule has 1 aromatic rings. The Morgan fingerprint density at radius 3 is 2.26 bits per heavy atom. The van der Waals surface area contributed by atoms with Crippen molar-refractivity contribution in [3.05, 3.63) is 35.6 Å². The van der Waals surface area contributed by atoms with E-state index in [9.17, 15) is 14.0 Å². The van der Waals surface area contributed by atoms with E-state index in [1.807, 2.05) is 27.7 Å². The van der Waals surface area contributed by atoms with E-state index in [1.54, 1.807) is 12.1 Å². The average molecular weight is 323 g/mol. The first-order valence-electron chi connectivity index (χ1n) is 7.92. The van der Waals surface area contributed by atoms with E-state index in [0.717, 1.165) is 12.0 Å². The molecule has 128 valence electrons. The number of hydrogen-bond donors (Lipinski definition) is 3. The quantitative estimate of drug-likeness (QED) is 0.722. The van der Waals surface area contributed by atoms with Crippen LogP contribution in [0.15, 0.2) is 24.3 Å². The van der Waals surface area contributed by atoms with Crippen LogP contribution >= 0.6 is 0 Å². The van der Waals surface area contributed by atoms with Gasteiger partial charge in [-0.2, -0.15) is 0 Å². The minimum absolute atomic E-state index is 0.00808. The van der Waals surface area contributed by atoms with Crippen LogP contribution in [0.3, 0.4) is 0 Å². The lowest BCUT2D eigenvalue weighted by Crippen LogP contribution is -2.46. The predicted octanol–water partition coefficient (Wildman–Crippen LogP) is 2.74. The molecule has 0 aliphatic heterocycles. The maximum atomic E-state index is 13.0. The Kier molecular flexibility index (Phi) is 7.68. The molecule has 5 nitrogen and oxygen atoms in total. The Morgan fingerprint density at radius 1 is 1.13 bits per heavy atom. The molecule has 0 radical (unpaired) electrons. The van der Waals surface area contributed by atoms with Gasteiger partial charge in [-0.25, -0.2) is 9.18 Å². The van der Waals surface area contributed by atoms with Crippen LogP contribution < -0.4 is 16.0 Å². The fraction of sp³-hybridized carbons (Fsp3) is 0.529. The Bertz CT molecular complexity index is 517. The lowest BCUT2D eigenvalue weighted by molar-refractivity contribution is -0.119. The molecular formula is C17H26FN3O2. The Hall–Kier alpha value is -1.95. The summed E-state index contributed by atoms with van der Waals surface area (Å²) < 4.78 is 13.0. The third kappa shape index (κ3) is 6.78. The van der Waals surface area contributed by atoms with Crippen LogP contribution in [0.2, 0.25) is 0 Å². The number of carbonyl (C=O) groups is 2. The largest absolute Gasteiger partial charge is 0.335 e. The van der Waals surface area contributed by atoms with Crippen LogP contribution in [0.1, 0.15) is 45.7 Å².